The van der Waals surface area contributed by atoms with Crippen molar-refractivity contribution in [3.63, 3.8) is 0 Å². The van der Waals surface area contributed by atoms with Crippen molar-refractivity contribution < 1.29 is 19.1 Å². The SMILES string of the molecule is O=C(O)C1(C(=O)NCCCc2ccc(Br)cc2F)CC1. The van der Waals surface area contributed by atoms with Gasteiger partial charge in [0.15, 0.2) is 0 Å². The highest BCUT2D eigenvalue weighted by molar-refractivity contribution is 9.10. The van der Waals surface area contributed by atoms with E-state index in [-0.39, 0.29) is 5.82 Å². The van der Waals surface area contributed by atoms with Gasteiger partial charge in [0, 0.05) is 11.0 Å². The van der Waals surface area contributed by atoms with Gasteiger partial charge in [-0.2, -0.15) is 0 Å². The molecule has 4 nitrogen and oxygen atoms in total. The second-order valence-corrected chi connectivity index (χ2v) is 5.90. The van der Waals surface area contributed by atoms with Gasteiger partial charge in [0.05, 0.1) is 0 Å². The van der Waals surface area contributed by atoms with Crippen LogP contribution in [-0.4, -0.2) is 23.5 Å². The highest BCUT2D eigenvalue weighted by atomic mass is 79.9. The standard InChI is InChI=1S/C14H15BrFNO3/c15-10-4-3-9(11(16)8-10)2-1-7-17-12(18)14(5-6-14)13(19)20/h3-4,8H,1-2,5-7H2,(H,17,18)(H,19,20). The van der Waals surface area contributed by atoms with Crippen LogP contribution in [-0.2, 0) is 16.0 Å². The summed E-state index contributed by atoms with van der Waals surface area (Å²) < 4.78 is 14.2. The van der Waals surface area contributed by atoms with Crippen molar-refractivity contribution in [1.29, 1.82) is 0 Å². The van der Waals surface area contributed by atoms with Gasteiger partial charge in [-0.15, -0.1) is 0 Å². The Morgan fingerprint density at radius 2 is 2.10 bits per heavy atom. The highest BCUT2D eigenvalue weighted by Crippen LogP contribution is 2.46. The Bertz CT molecular complexity index is 543. The predicted molar refractivity (Wildman–Crippen MR) is 74.7 cm³/mol. The number of aliphatic carboxylic acids is 1. The van der Waals surface area contributed by atoms with Crippen LogP contribution in [0.3, 0.4) is 0 Å². The molecule has 0 bridgehead atoms. The third-order valence-corrected chi connectivity index (χ3v) is 4.01. The van der Waals surface area contributed by atoms with Gasteiger partial charge in [-0.3, -0.25) is 9.59 Å². The molecule has 0 spiro atoms. The number of hydrogen-bond donors (Lipinski definition) is 2. The molecule has 1 aromatic carbocycles. The summed E-state index contributed by atoms with van der Waals surface area (Å²) in [5, 5.41) is 11.6. The van der Waals surface area contributed by atoms with E-state index in [0.717, 1.165) is 0 Å². The Morgan fingerprint density at radius 3 is 2.65 bits per heavy atom. The zero-order valence-corrected chi connectivity index (χ0v) is 12.4. The van der Waals surface area contributed by atoms with Gasteiger partial charge in [-0.1, -0.05) is 22.0 Å². The molecule has 1 amide bonds. The molecule has 0 saturated heterocycles. The van der Waals surface area contributed by atoms with E-state index >= 15 is 0 Å². The first-order valence-corrected chi connectivity index (χ1v) is 7.21. The van der Waals surface area contributed by atoms with Gasteiger partial charge < -0.3 is 10.4 Å². The van der Waals surface area contributed by atoms with Crippen LogP contribution in [0, 0.1) is 11.2 Å². The first-order valence-electron chi connectivity index (χ1n) is 6.41. The fourth-order valence-corrected chi connectivity index (χ4v) is 2.37. The molecule has 1 aromatic rings. The fraction of sp³-hybridized carbons (Fsp3) is 0.429. The summed E-state index contributed by atoms with van der Waals surface area (Å²) in [6.45, 7) is 0.351. The topological polar surface area (TPSA) is 66.4 Å². The number of nitrogens with one attached hydrogen (secondary N) is 1. The van der Waals surface area contributed by atoms with Crippen LogP contribution in [0.25, 0.3) is 0 Å². The summed E-state index contributed by atoms with van der Waals surface area (Å²) in [4.78, 5) is 22.7. The largest absolute Gasteiger partial charge is 0.480 e. The predicted octanol–water partition coefficient (Wildman–Crippen LogP) is 2.50. The summed E-state index contributed by atoms with van der Waals surface area (Å²) in [6.07, 6.45) is 1.87. The van der Waals surface area contributed by atoms with E-state index in [9.17, 15) is 14.0 Å². The van der Waals surface area contributed by atoms with Gasteiger partial charge in [-0.05, 0) is 43.4 Å². The Hall–Kier alpha value is -1.43. The third-order valence-electron chi connectivity index (χ3n) is 3.52. The van der Waals surface area contributed by atoms with Crippen molar-refractivity contribution in [1.82, 2.24) is 5.32 Å². The maximum absolute atomic E-state index is 13.5. The number of aryl methyl sites for hydroxylation is 1. The average Bonchev–Trinajstić information content (AvgIpc) is 3.17. The van der Waals surface area contributed by atoms with Crippen LogP contribution in [0.15, 0.2) is 22.7 Å². The number of carboxylic acid groups (broad SMARTS) is 1. The number of rotatable bonds is 6. The minimum atomic E-state index is -1.21. The number of carbonyl (C=O) groups excluding carboxylic acids is 1. The van der Waals surface area contributed by atoms with Crippen LogP contribution in [0.2, 0.25) is 0 Å². The van der Waals surface area contributed by atoms with Gasteiger partial charge >= 0.3 is 5.97 Å². The normalized spacial score (nSPS) is 15.7. The number of halogens is 2. The fourth-order valence-electron chi connectivity index (χ4n) is 2.04. The molecule has 0 aromatic heterocycles. The summed E-state index contributed by atoms with van der Waals surface area (Å²) in [7, 11) is 0. The van der Waals surface area contributed by atoms with Crippen molar-refractivity contribution >= 4 is 27.8 Å². The van der Waals surface area contributed by atoms with E-state index < -0.39 is 17.3 Å². The maximum Gasteiger partial charge on any atom is 0.319 e. The molecule has 1 aliphatic carbocycles. The molecule has 2 rings (SSSR count). The molecule has 20 heavy (non-hydrogen) atoms. The summed E-state index contributed by atoms with van der Waals surface area (Å²) >= 11 is 3.19. The van der Waals surface area contributed by atoms with Gasteiger partial charge in [-0.25, -0.2) is 4.39 Å². The molecule has 0 unspecified atom stereocenters. The van der Waals surface area contributed by atoms with Crippen LogP contribution >= 0.6 is 15.9 Å². The van der Waals surface area contributed by atoms with E-state index in [1.165, 1.54) is 6.07 Å². The molecule has 0 radical (unpaired) electrons. The van der Waals surface area contributed by atoms with Crippen LogP contribution in [0.1, 0.15) is 24.8 Å². The molecule has 0 aliphatic heterocycles. The second kappa shape index (κ2) is 5.91. The van der Waals surface area contributed by atoms with E-state index in [1.54, 1.807) is 12.1 Å². The lowest BCUT2D eigenvalue weighted by Gasteiger charge is -2.10. The third kappa shape index (κ3) is 3.17. The van der Waals surface area contributed by atoms with Gasteiger partial charge in [0.1, 0.15) is 11.2 Å². The summed E-state index contributed by atoms with van der Waals surface area (Å²) in [5.74, 6) is -1.77. The zero-order valence-electron chi connectivity index (χ0n) is 10.8. The van der Waals surface area contributed by atoms with E-state index in [0.29, 0.717) is 42.3 Å². The van der Waals surface area contributed by atoms with Crippen molar-refractivity contribution in [3.05, 3.63) is 34.1 Å². The number of carboxylic acids is 1. The monoisotopic (exact) mass is 343 g/mol. The molecular formula is C14H15BrFNO3. The van der Waals surface area contributed by atoms with E-state index in [1.807, 2.05) is 0 Å². The van der Waals surface area contributed by atoms with Crippen molar-refractivity contribution in [3.8, 4) is 0 Å². The molecule has 108 valence electrons. The van der Waals surface area contributed by atoms with Gasteiger partial charge in [0.2, 0.25) is 5.91 Å². The molecule has 0 heterocycles. The Balaban J connectivity index is 1.77. The second-order valence-electron chi connectivity index (χ2n) is 4.98. The van der Waals surface area contributed by atoms with Crippen molar-refractivity contribution in [2.24, 2.45) is 5.41 Å². The minimum absolute atomic E-state index is 0.282. The number of benzene rings is 1. The summed E-state index contributed by atoms with van der Waals surface area (Å²) in [6, 6.07) is 4.86. The first kappa shape index (κ1) is 15.0. The quantitative estimate of drug-likeness (QED) is 0.616. The minimum Gasteiger partial charge on any atom is -0.480 e. The van der Waals surface area contributed by atoms with Crippen LogP contribution in [0.5, 0.6) is 0 Å². The van der Waals surface area contributed by atoms with E-state index in [4.69, 9.17) is 5.11 Å². The van der Waals surface area contributed by atoms with E-state index in [2.05, 4.69) is 21.2 Å². The lowest BCUT2D eigenvalue weighted by Crippen LogP contribution is -2.37. The number of amides is 1. The lowest BCUT2D eigenvalue weighted by atomic mass is 10.1. The smallest absolute Gasteiger partial charge is 0.319 e. The molecule has 1 fully saturated rings. The lowest BCUT2D eigenvalue weighted by molar-refractivity contribution is -0.149. The van der Waals surface area contributed by atoms with Crippen LogP contribution in [0.4, 0.5) is 4.39 Å². The van der Waals surface area contributed by atoms with Crippen molar-refractivity contribution in [2.45, 2.75) is 25.7 Å². The summed E-state index contributed by atoms with van der Waals surface area (Å²) in [5.41, 5.74) is -0.620. The molecule has 1 aliphatic rings. The maximum atomic E-state index is 13.5. The molecular weight excluding hydrogens is 329 g/mol. The molecule has 0 atom stereocenters. The number of hydrogen-bond acceptors (Lipinski definition) is 2. The van der Waals surface area contributed by atoms with Crippen LogP contribution < -0.4 is 5.32 Å². The highest BCUT2D eigenvalue weighted by Gasteiger charge is 2.56. The Kier molecular flexibility index (Phi) is 4.42. The number of carbonyl (C=O) groups is 2. The van der Waals surface area contributed by atoms with Gasteiger partial charge in [0.25, 0.3) is 0 Å². The van der Waals surface area contributed by atoms with Crippen molar-refractivity contribution in [2.75, 3.05) is 6.54 Å². The molecule has 2 N–H and O–H groups in total. The molecule has 1 saturated carbocycles. The zero-order chi connectivity index (χ0) is 14.8. The first-order chi connectivity index (χ1) is 9.45. The Labute approximate surface area is 124 Å². The molecule has 6 heteroatoms. The average molecular weight is 344 g/mol. The Morgan fingerprint density at radius 1 is 1.40 bits per heavy atom.